The molecular formula is C12H8BrNO2. The van der Waals surface area contributed by atoms with Crippen LogP contribution in [-0.4, -0.2) is 16.1 Å². The molecule has 0 unspecified atom stereocenters. The molecule has 0 atom stereocenters. The van der Waals surface area contributed by atoms with Gasteiger partial charge in [0, 0.05) is 10.7 Å². The highest BCUT2D eigenvalue weighted by molar-refractivity contribution is 9.10. The average molecular weight is 278 g/mol. The van der Waals surface area contributed by atoms with Gasteiger partial charge in [-0.3, -0.25) is 0 Å². The van der Waals surface area contributed by atoms with E-state index in [1.54, 1.807) is 12.1 Å². The molecule has 1 heterocycles. The number of carbonyl (C=O) groups is 1. The van der Waals surface area contributed by atoms with Gasteiger partial charge in [-0.05, 0) is 29.3 Å². The monoisotopic (exact) mass is 277 g/mol. The van der Waals surface area contributed by atoms with Gasteiger partial charge in [0.2, 0.25) is 0 Å². The van der Waals surface area contributed by atoms with Crippen molar-refractivity contribution in [3.8, 4) is 11.1 Å². The zero-order valence-corrected chi connectivity index (χ0v) is 9.81. The summed E-state index contributed by atoms with van der Waals surface area (Å²) in [6, 6.07) is 11.0. The van der Waals surface area contributed by atoms with Crippen LogP contribution in [0.2, 0.25) is 0 Å². The van der Waals surface area contributed by atoms with Crippen LogP contribution in [0.15, 0.2) is 47.1 Å². The van der Waals surface area contributed by atoms with Crippen LogP contribution in [0.5, 0.6) is 0 Å². The molecule has 3 nitrogen and oxygen atoms in total. The average Bonchev–Trinajstić information content (AvgIpc) is 2.30. The van der Waals surface area contributed by atoms with E-state index >= 15 is 0 Å². The van der Waals surface area contributed by atoms with Crippen molar-refractivity contribution in [3.63, 3.8) is 0 Å². The summed E-state index contributed by atoms with van der Waals surface area (Å²) in [5.74, 6) is -1.02. The zero-order chi connectivity index (χ0) is 11.5. The summed E-state index contributed by atoms with van der Waals surface area (Å²) in [7, 11) is 0. The van der Waals surface area contributed by atoms with Gasteiger partial charge in [-0.1, -0.05) is 34.1 Å². The molecule has 16 heavy (non-hydrogen) atoms. The van der Waals surface area contributed by atoms with E-state index < -0.39 is 5.97 Å². The predicted octanol–water partition coefficient (Wildman–Crippen LogP) is 3.21. The summed E-state index contributed by atoms with van der Waals surface area (Å²) in [6.07, 6.45) is 1.50. The van der Waals surface area contributed by atoms with Gasteiger partial charge in [0.25, 0.3) is 0 Å². The second-order valence-corrected chi connectivity index (χ2v) is 4.07. The molecule has 0 amide bonds. The van der Waals surface area contributed by atoms with Gasteiger partial charge < -0.3 is 5.11 Å². The Morgan fingerprint density at radius 1 is 1.25 bits per heavy atom. The third-order valence-electron chi connectivity index (χ3n) is 2.16. The first-order valence-electron chi connectivity index (χ1n) is 4.63. The lowest BCUT2D eigenvalue weighted by atomic mass is 10.1. The minimum absolute atomic E-state index is 0.0493. The van der Waals surface area contributed by atoms with E-state index in [-0.39, 0.29) is 5.69 Å². The Morgan fingerprint density at radius 2 is 2.00 bits per heavy atom. The summed E-state index contributed by atoms with van der Waals surface area (Å²) < 4.78 is 0.928. The Kier molecular flexibility index (Phi) is 3.01. The van der Waals surface area contributed by atoms with E-state index in [0.717, 1.165) is 15.6 Å². The number of carboxylic acid groups (broad SMARTS) is 1. The normalized spacial score (nSPS) is 10.1. The van der Waals surface area contributed by atoms with Crippen LogP contribution in [0, 0.1) is 0 Å². The largest absolute Gasteiger partial charge is 0.477 e. The number of aromatic carboxylic acids is 1. The van der Waals surface area contributed by atoms with Crippen LogP contribution in [0.1, 0.15) is 10.5 Å². The molecule has 2 rings (SSSR count). The SMILES string of the molecule is O=C(O)c1cc(-c2ccccc2Br)ccn1. The van der Waals surface area contributed by atoms with Gasteiger partial charge in [-0.15, -0.1) is 0 Å². The first-order chi connectivity index (χ1) is 7.68. The number of hydrogen-bond donors (Lipinski definition) is 1. The molecule has 0 saturated carbocycles. The molecule has 0 aliphatic heterocycles. The van der Waals surface area contributed by atoms with Gasteiger partial charge in [-0.25, -0.2) is 9.78 Å². The summed E-state index contributed by atoms with van der Waals surface area (Å²) in [6.45, 7) is 0. The Bertz CT molecular complexity index is 540. The Labute approximate surface area is 101 Å². The molecule has 4 heteroatoms. The second kappa shape index (κ2) is 4.45. The number of hydrogen-bond acceptors (Lipinski definition) is 2. The van der Waals surface area contributed by atoms with Crippen LogP contribution >= 0.6 is 15.9 Å². The second-order valence-electron chi connectivity index (χ2n) is 3.21. The first kappa shape index (κ1) is 10.8. The molecule has 1 aromatic carbocycles. The lowest BCUT2D eigenvalue weighted by molar-refractivity contribution is 0.0690. The molecule has 0 aliphatic carbocycles. The molecule has 80 valence electrons. The van der Waals surface area contributed by atoms with E-state index in [4.69, 9.17) is 5.11 Å². The molecule has 1 N–H and O–H groups in total. The van der Waals surface area contributed by atoms with Crippen molar-refractivity contribution in [2.75, 3.05) is 0 Å². The minimum atomic E-state index is -1.02. The number of halogens is 1. The third-order valence-corrected chi connectivity index (χ3v) is 2.86. The minimum Gasteiger partial charge on any atom is -0.477 e. The predicted molar refractivity (Wildman–Crippen MR) is 64.3 cm³/mol. The lowest BCUT2D eigenvalue weighted by Gasteiger charge is -2.04. The molecule has 0 fully saturated rings. The maximum absolute atomic E-state index is 10.8. The van der Waals surface area contributed by atoms with Gasteiger partial charge >= 0.3 is 5.97 Å². The Balaban J connectivity index is 2.53. The third kappa shape index (κ3) is 2.12. The maximum atomic E-state index is 10.8. The topological polar surface area (TPSA) is 50.2 Å². The molecule has 0 bridgehead atoms. The van der Waals surface area contributed by atoms with Gasteiger partial charge in [0.15, 0.2) is 0 Å². The van der Waals surface area contributed by atoms with E-state index in [2.05, 4.69) is 20.9 Å². The summed E-state index contributed by atoms with van der Waals surface area (Å²) >= 11 is 3.43. The molecule has 1 aromatic heterocycles. The van der Waals surface area contributed by atoms with Crippen LogP contribution < -0.4 is 0 Å². The fourth-order valence-corrected chi connectivity index (χ4v) is 1.92. The summed E-state index contributed by atoms with van der Waals surface area (Å²) in [5.41, 5.74) is 1.83. The number of rotatable bonds is 2. The molecule has 0 spiro atoms. The Morgan fingerprint density at radius 3 is 2.69 bits per heavy atom. The highest BCUT2D eigenvalue weighted by Gasteiger charge is 2.07. The summed E-state index contributed by atoms with van der Waals surface area (Å²) in [4.78, 5) is 14.6. The molecule has 2 aromatic rings. The van der Waals surface area contributed by atoms with Gasteiger partial charge in [0.1, 0.15) is 5.69 Å². The number of nitrogens with zero attached hydrogens (tertiary/aromatic N) is 1. The van der Waals surface area contributed by atoms with Gasteiger partial charge in [-0.2, -0.15) is 0 Å². The van der Waals surface area contributed by atoms with Crippen molar-refractivity contribution in [2.24, 2.45) is 0 Å². The highest BCUT2D eigenvalue weighted by Crippen LogP contribution is 2.27. The van der Waals surface area contributed by atoms with Gasteiger partial charge in [0.05, 0.1) is 0 Å². The van der Waals surface area contributed by atoms with Crippen LogP contribution in [0.25, 0.3) is 11.1 Å². The number of benzene rings is 1. The number of aromatic nitrogens is 1. The first-order valence-corrected chi connectivity index (χ1v) is 5.42. The molecule has 0 radical (unpaired) electrons. The van der Waals surface area contributed by atoms with E-state index in [0.29, 0.717) is 0 Å². The Hall–Kier alpha value is -1.68. The smallest absolute Gasteiger partial charge is 0.354 e. The zero-order valence-electron chi connectivity index (χ0n) is 8.22. The molecule has 0 aliphatic rings. The fourth-order valence-electron chi connectivity index (χ4n) is 1.41. The van der Waals surface area contributed by atoms with Crippen molar-refractivity contribution >= 4 is 21.9 Å². The van der Waals surface area contributed by atoms with Crippen molar-refractivity contribution in [3.05, 3.63) is 52.8 Å². The van der Waals surface area contributed by atoms with Crippen molar-refractivity contribution in [2.45, 2.75) is 0 Å². The van der Waals surface area contributed by atoms with Crippen LogP contribution in [-0.2, 0) is 0 Å². The summed E-state index contributed by atoms with van der Waals surface area (Å²) in [5, 5.41) is 8.85. The van der Waals surface area contributed by atoms with E-state index in [1.807, 2.05) is 24.3 Å². The lowest BCUT2D eigenvalue weighted by Crippen LogP contribution is -1.99. The quantitative estimate of drug-likeness (QED) is 0.917. The van der Waals surface area contributed by atoms with Crippen molar-refractivity contribution in [1.82, 2.24) is 4.98 Å². The van der Waals surface area contributed by atoms with Crippen molar-refractivity contribution in [1.29, 1.82) is 0 Å². The molecular weight excluding hydrogens is 270 g/mol. The van der Waals surface area contributed by atoms with E-state index in [9.17, 15) is 4.79 Å². The number of pyridine rings is 1. The highest BCUT2D eigenvalue weighted by atomic mass is 79.9. The van der Waals surface area contributed by atoms with E-state index in [1.165, 1.54) is 6.20 Å². The van der Waals surface area contributed by atoms with Crippen LogP contribution in [0.4, 0.5) is 0 Å². The van der Waals surface area contributed by atoms with Crippen molar-refractivity contribution < 1.29 is 9.90 Å². The standard InChI is InChI=1S/C12H8BrNO2/c13-10-4-2-1-3-9(10)8-5-6-14-11(7-8)12(15)16/h1-7H,(H,15,16). The molecule has 0 saturated heterocycles. The number of carboxylic acids is 1. The maximum Gasteiger partial charge on any atom is 0.354 e. The van der Waals surface area contributed by atoms with Crippen LogP contribution in [0.3, 0.4) is 0 Å². The fraction of sp³-hybridized carbons (Fsp3) is 0.